The molecule has 0 fully saturated rings. The molecule has 11 heteroatoms. The Bertz CT molecular complexity index is 1360. The van der Waals surface area contributed by atoms with E-state index >= 15 is 0 Å². The third-order valence-electron chi connectivity index (χ3n) is 6.03. The molecule has 3 aromatic rings. The maximum Gasteiger partial charge on any atom is 0.338 e. The Morgan fingerprint density at radius 3 is 2.69 bits per heavy atom. The number of thioether (sulfide) groups is 1. The lowest BCUT2D eigenvalue weighted by atomic mass is 9.95. The van der Waals surface area contributed by atoms with Gasteiger partial charge in [-0.15, -0.1) is 5.10 Å². The fourth-order valence-corrected chi connectivity index (χ4v) is 5.89. The van der Waals surface area contributed by atoms with Gasteiger partial charge in [0.2, 0.25) is 11.1 Å². The van der Waals surface area contributed by atoms with Crippen LogP contribution in [0.2, 0.25) is 5.02 Å². The second kappa shape index (κ2) is 13.6. The first kappa shape index (κ1) is 29.3. The zero-order valence-electron chi connectivity index (χ0n) is 22.4. The maximum atomic E-state index is 13.2. The second-order valence-electron chi connectivity index (χ2n) is 8.79. The summed E-state index contributed by atoms with van der Waals surface area (Å²) in [4.78, 5) is 17.9. The minimum absolute atomic E-state index is 0.254. The van der Waals surface area contributed by atoms with Gasteiger partial charge in [0, 0.05) is 16.5 Å². The molecule has 1 aromatic heterocycles. The van der Waals surface area contributed by atoms with Crippen LogP contribution in [-0.4, -0.2) is 40.6 Å². The summed E-state index contributed by atoms with van der Waals surface area (Å²) in [6.07, 6.45) is 1.95. The normalized spacial score (nSPS) is 14.6. The van der Waals surface area contributed by atoms with Gasteiger partial charge in [-0.1, -0.05) is 54.9 Å². The van der Waals surface area contributed by atoms with Gasteiger partial charge in [-0.2, -0.15) is 4.98 Å². The van der Waals surface area contributed by atoms with Crippen LogP contribution in [0.25, 0.3) is 0 Å². The number of anilines is 1. The summed E-state index contributed by atoms with van der Waals surface area (Å²) < 4.78 is 19.9. The number of hydrogen-bond acceptors (Lipinski definition) is 8. The fraction of sp³-hybridized carbons (Fsp3) is 0.393. The molecular weight excluding hydrogens is 604 g/mol. The van der Waals surface area contributed by atoms with Gasteiger partial charge in [-0.3, -0.25) is 0 Å². The first-order valence-electron chi connectivity index (χ1n) is 12.9. The van der Waals surface area contributed by atoms with Crippen LogP contribution < -0.4 is 14.8 Å². The summed E-state index contributed by atoms with van der Waals surface area (Å²) >= 11 is 11.5. The Morgan fingerprint density at radius 1 is 1.18 bits per heavy atom. The van der Waals surface area contributed by atoms with Crippen LogP contribution in [0.1, 0.15) is 57.7 Å². The monoisotopic (exact) mass is 634 g/mol. The van der Waals surface area contributed by atoms with Crippen LogP contribution in [0.5, 0.6) is 11.5 Å². The summed E-state index contributed by atoms with van der Waals surface area (Å²) in [5, 5.41) is 9.30. The summed E-state index contributed by atoms with van der Waals surface area (Å²) in [6.45, 7) is 8.96. The van der Waals surface area contributed by atoms with Crippen molar-refractivity contribution in [2.75, 3.05) is 25.1 Å². The molecule has 1 unspecified atom stereocenters. The molecule has 0 radical (unpaired) electrons. The van der Waals surface area contributed by atoms with Crippen molar-refractivity contribution < 1.29 is 19.0 Å². The number of allylic oxidation sites excluding steroid dienone is 1. The molecule has 1 aliphatic rings. The van der Waals surface area contributed by atoms with Crippen molar-refractivity contribution in [2.45, 2.75) is 57.5 Å². The van der Waals surface area contributed by atoms with Gasteiger partial charge in [0.1, 0.15) is 6.04 Å². The van der Waals surface area contributed by atoms with E-state index in [1.807, 2.05) is 50.2 Å². The number of hydrogen-bond donors (Lipinski definition) is 1. The Hall–Kier alpha value is -2.69. The predicted octanol–water partition coefficient (Wildman–Crippen LogP) is 7.42. The van der Waals surface area contributed by atoms with Crippen molar-refractivity contribution in [3.05, 3.63) is 68.3 Å². The minimum atomic E-state index is -0.595. The number of ether oxygens (including phenoxy) is 3. The third-order valence-corrected chi connectivity index (χ3v) is 7.88. The van der Waals surface area contributed by atoms with Gasteiger partial charge < -0.3 is 19.5 Å². The quantitative estimate of drug-likeness (QED) is 0.125. The molecule has 0 saturated carbocycles. The average molecular weight is 636 g/mol. The van der Waals surface area contributed by atoms with Crippen LogP contribution in [0.15, 0.2) is 57.3 Å². The van der Waals surface area contributed by atoms with Gasteiger partial charge in [0.25, 0.3) is 0 Å². The van der Waals surface area contributed by atoms with Crippen LogP contribution in [-0.2, 0) is 15.3 Å². The van der Waals surface area contributed by atoms with Crippen molar-refractivity contribution in [1.82, 2.24) is 14.8 Å². The SMILES string of the molecule is CCCCOc1c(Br)cc(C2C(C(=O)OCC)=C(C)Nc3nc(SCc4ccccc4Cl)nn32)cc1OCC. The molecular formula is C28H32BrClN4O4S. The van der Waals surface area contributed by atoms with Crippen LogP contribution in [0.4, 0.5) is 5.95 Å². The van der Waals surface area contributed by atoms with E-state index in [1.54, 1.807) is 11.6 Å². The second-order valence-corrected chi connectivity index (χ2v) is 11.0. The number of nitrogens with one attached hydrogen (secondary N) is 1. The Labute approximate surface area is 246 Å². The molecule has 8 nitrogen and oxygen atoms in total. The van der Waals surface area contributed by atoms with E-state index in [1.165, 1.54) is 11.8 Å². The summed E-state index contributed by atoms with van der Waals surface area (Å²) in [5.74, 6) is 1.94. The first-order valence-corrected chi connectivity index (χ1v) is 15.1. The lowest BCUT2D eigenvalue weighted by Gasteiger charge is -2.28. The molecule has 2 heterocycles. The summed E-state index contributed by atoms with van der Waals surface area (Å²) in [7, 11) is 0. The summed E-state index contributed by atoms with van der Waals surface area (Å²) in [6, 6.07) is 10.9. The molecule has 2 aromatic carbocycles. The number of nitrogens with zero attached hydrogens (tertiary/aromatic N) is 3. The molecule has 1 aliphatic heterocycles. The highest BCUT2D eigenvalue weighted by molar-refractivity contribution is 9.10. The molecule has 208 valence electrons. The number of carbonyl (C=O) groups is 1. The van der Waals surface area contributed by atoms with Crippen molar-refractivity contribution in [3.63, 3.8) is 0 Å². The van der Waals surface area contributed by atoms with Crippen molar-refractivity contribution in [3.8, 4) is 11.5 Å². The Kier molecular flexibility index (Phi) is 10.2. The zero-order valence-corrected chi connectivity index (χ0v) is 25.6. The number of esters is 1. The van der Waals surface area contributed by atoms with Gasteiger partial charge in [-0.25, -0.2) is 9.48 Å². The number of carbonyl (C=O) groups excluding carboxylic acids is 1. The molecule has 1 atom stereocenters. The molecule has 39 heavy (non-hydrogen) atoms. The third kappa shape index (κ3) is 6.73. The highest BCUT2D eigenvalue weighted by Gasteiger charge is 2.36. The lowest BCUT2D eigenvalue weighted by molar-refractivity contribution is -0.139. The van der Waals surface area contributed by atoms with E-state index in [4.69, 9.17) is 35.9 Å². The number of rotatable bonds is 12. The van der Waals surface area contributed by atoms with E-state index in [2.05, 4.69) is 28.2 Å². The molecule has 0 bridgehead atoms. The standard InChI is InChI=1S/C28H32BrClN4O4S/c1-5-8-13-38-25-20(29)14-19(15-22(25)36-6-2)24-23(26(35)37-7-3)17(4)31-27-32-28(33-34(24)27)39-16-18-11-9-10-12-21(18)30/h9-12,14-15,24H,5-8,13,16H2,1-4H3,(H,31,32,33). The van der Waals surface area contributed by atoms with Crippen molar-refractivity contribution in [2.24, 2.45) is 0 Å². The van der Waals surface area contributed by atoms with Gasteiger partial charge in [-0.05, 0) is 72.4 Å². The molecule has 0 spiro atoms. The van der Waals surface area contributed by atoms with Crippen molar-refractivity contribution >= 4 is 51.2 Å². The van der Waals surface area contributed by atoms with E-state index in [0.29, 0.717) is 57.9 Å². The number of unbranched alkanes of at least 4 members (excludes halogenated alkanes) is 1. The molecule has 0 saturated heterocycles. The number of fused-ring (bicyclic) bond motifs is 1. The molecule has 1 N–H and O–H groups in total. The first-order chi connectivity index (χ1) is 18.9. The van der Waals surface area contributed by atoms with E-state index in [-0.39, 0.29) is 6.61 Å². The predicted molar refractivity (Wildman–Crippen MR) is 158 cm³/mol. The summed E-state index contributed by atoms with van der Waals surface area (Å²) in [5.41, 5.74) is 2.88. The minimum Gasteiger partial charge on any atom is -0.490 e. The van der Waals surface area contributed by atoms with E-state index in [0.717, 1.165) is 28.4 Å². The fourth-order valence-electron chi connectivity index (χ4n) is 4.20. The largest absolute Gasteiger partial charge is 0.490 e. The van der Waals surface area contributed by atoms with Crippen LogP contribution >= 0.6 is 39.3 Å². The highest BCUT2D eigenvalue weighted by Crippen LogP contribution is 2.43. The topological polar surface area (TPSA) is 87.5 Å². The molecule has 4 rings (SSSR count). The van der Waals surface area contributed by atoms with E-state index < -0.39 is 12.0 Å². The Balaban J connectivity index is 1.76. The lowest BCUT2D eigenvalue weighted by Crippen LogP contribution is -2.29. The molecule has 0 aliphatic carbocycles. The number of aromatic nitrogens is 3. The van der Waals surface area contributed by atoms with Crippen molar-refractivity contribution in [1.29, 1.82) is 0 Å². The number of benzene rings is 2. The van der Waals surface area contributed by atoms with E-state index in [9.17, 15) is 4.79 Å². The van der Waals surface area contributed by atoms with Crippen LogP contribution in [0.3, 0.4) is 0 Å². The zero-order chi connectivity index (χ0) is 27.9. The highest BCUT2D eigenvalue weighted by atomic mass is 79.9. The number of halogens is 2. The maximum absolute atomic E-state index is 13.2. The van der Waals surface area contributed by atoms with Gasteiger partial charge >= 0.3 is 5.97 Å². The van der Waals surface area contributed by atoms with Gasteiger partial charge in [0.05, 0.1) is 29.9 Å². The van der Waals surface area contributed by atoms with Gasteiger partial charge in [0.15, 0.2) is 11.5 Å². The average Bonchev–Trinajstić information content (AvgIpc) is 3.31. The smallest absolute Gasteiger partial charge is 0.338 e. The van der Waals surface area contributed by atoms with Crippen LogP contribution in [0, 0.1) is 0 Å². The molecule has 0 amide bonds. The Morgan fingerprint density at radius 2 is 1.97 bits per heavy atom.